The maximum absolute atomic E-state index is 13.2. The zero-order valence-electron chi connectivity index (χ0n) is 21.5. The van der Waals surface area contributed by atoms with Crippen LogP contribution in [-0.2, 0) is 20.0 Å². The Morgan fingerprint density at radius 2 is 1.49 bits per heavy atom. The number of nitrogens with one attached hydrogen (secondary N) is 3. The minimum absolute atomic E-state index is 0.0505. The van der Waals surface area contributed by atoms with Crippen molar-refractivity contribution in [3.05, 3.63) is 76.9 Å². The maximum Gasteiger partial charge on any atom is 0.262 e. The van der Waals surface area contributed by atoms with Gasteiger partial charge >= 0.3 is 0 Å². The molecule has 0 atom stereocenters. The molecule has 0 aliphatic rings. The van der Waals surface area contributed by atoms with Crippen LogP contribution in [0.4, 0.5) is 11.4 Å². The summed E-state index contributed by atoms with van der Waals surface area (Å²) in [5, 5.41) is 2.64. The fraction of sp³-hybridized carbons (Fsp3) is 0.269. The van der Waals surface area contributed by atoms with Crippen LogP contribution >= 0.6 is 0 Å². The highest BCUT2D eigenvalue weighted by Gasteiger charge is 2.22. The SMILES string of the molecule is COc1ccc(S(=O)(=O)NC(C)C)cc1NC(=O)c1ccc(C)c(S(=O)(=O)Nc2cc(C)ccc2C)c1. The molecule has 0 spiro atoms. The lowest BCUT2D eigenvalue weighted by Gasteiger charge is -2.15. The van der Waals surface area contributed by atoms with Crippen LogP contribution in [0, 0.1) is 20.8 Å². The zero-order chi connectivity index (χ0) is 27.5. The third-order valence-electron chi connectivity index (χ3n) is 5.50. The van der Waals surface area contributed by atoms with Gasteiger partial charge in [0, 0.05) is 11.6 Å². The van der Waals surface area contributed by atoms with E-state index in [0.29, 0.717) is 11.3 Å². The number of amides is 1. The number of carbonyl (C=O) groups is 1. The summed E-state index contributed by atoms with van der Waals surface area (Å²) in [7, 11) is -6.43. The lowest BCUT2D eigenvalue weighted by atomic mass is 10.1. The van der Waals surface area contributed by atoms with Gasteiger partial charge in [0.05, 0.1) is 28.3 Å². The Kier molecular flexibility index (Phi) is 8.31. The molecule has 0 heterocycles. The molecule has 0 saturated heterocycles. The minimum Gasteiger partial charge on any atom is -0.495 e. The summed E-state index contributed by atoms with van der Waals surface area (Å²) in [6.07, 6.45) is 0. The Labute approximate surface area is 218 Å². The first-order valence-electron chi connectivity index (χ1n) is 11.5. The quantitative estimate of drug-likeness (QED) is 0.366. The van der Waals surface area contributed by atoms with Crippen LogP contribution < -0.4 is 19.5 Å². The van der Waals surface area contributed by atoms with Crippen molar-refractivity contribution in [2.24, 2.45) is 0 Å². The molecule has 37 heavy (non-hydrogen) atoms. The second-order valence-electron chi connectivity index (χ2n) is 9.00. The summed E-state index contributed by atoms with van der Waals surface area (Å²) in [6, 6.07) is 13.5. The summed E-state index contributed by atoms with van der Waals surface area (Å²) in [5.41, 5.74) is 2.76. The summed E-state index contributed by atoms with van der Waals surface area (Å²) in [4.78, 5) is 13.0. The van der Waals surface area contributed by atoms with E-state index in [2.05, 4.69) is 14.8 Å². The van der Waals surface area contributed by atoms with Crippen molar-refractivity contribution >= 4 is 37.3 Å². The number of ether oxygens (including phenoxy) is 1. The first kappa shape index (κ1) is 28.2. The van der Waals surface area contributed by atoms with Crippen LogP contribution in [0.2, 0.25) is 0 Å². The van der Waals surface area contributed by atoms with Crippen molar-refractivity contribution in [3.8, 4) is 5.75 Å². The minimum atomic E-state index is -4.00. The van der Waals surface area contributed by atoms with E-state index < -0.39 is 26.0 Å². The maximum atomic E-state index is 13.2. The van der Waals surface area contributed by atoms with Crippen LogP contribution in [-0.4, -0.2) is 35.9 Å². The Morgan fingerprint density at radius 1 is 0.811 bits per heavy atom. The normalized spacial score (nSPS) is 11.9. The third-order valence-corrected chi connectivity index (χ3v) is 8.66. The summed E-state index contributed by atoms with van der Waals surface area (Å²) in [6.45, 7) is 8.69. The average Bonchev–Trinajstić information content (AvgIpc) is 2.80. The molecular weight excluding hydrogens is 514 g/mol. The molecule has 3 aromatic rings. The first-order valence-corrected chi connectivity index (χ1v) is 14.4. The molecule has 0 saturated carbocycles. The van der Waals surface area contributed by atoms with Gasteiger partial charge in [-0.1, -0.05) is 18.2 Å². The molecule has 0 unspecified atom stereocenters. The van der Waals surface area contributed by atoms with Gasteiger partial charge in [-0.15, -0.1) is 0 Å². The Hall–Kier alpha value is -3.41. The van der Waals surface area contributed by atoms with Crippen molar-refractivity contribution in [2.75, 3.05) is 17.1 Å². The molecule has 0 aliphatic heterocycles. The van der Waals surface area contributed by atoms with E-state index in [9.17, 15) is 21.6 Å². The molecule has 0 radical (unpaired) electrons. The van der Waals surface area contributed by atoms with Gasteiger partial charge in [-0.05, 0) is 87.7 Å². The van der Waals surface area contributed by atoms with Crippen LogP contribution in [0.3, 0.4) is 0 Å². The van der Waals surface area contributed by atoms with Crippen molar-refractivity contribution in [3.63, 3.8) is 0 Å². The third kappa shape index (κ3) is 6.68. The molecule has 1 amide bonds. The number of sulfonamides is 2. The Balaban J connectivity index is 1.95. The van der Waals surface area contributed by atoms with Gasteiger partial charge in [-0.25, -0.2) is 21.6 Å². The summed E-state index contributed by atoms with van der Waals surface area (Å²) >= 11 is 0. The van der Waals surface area contributed by atoms with Crippen molar-refractivity contribution < 1.29 is 26.4 Å². The molecule has 0 aromatic heterocycles. The van der Waals surface area contributed by atoms with Gasteiger partial charge in [0.25, 0.3) is 15.9 Å². The van der Waals surface area contributed by atoms with E-state index in [1.54, 1.807) is 33.8 Å². The van der Waals surface area contributed by atoms with E-state index in [-0.39, 0.29) is 32.8 Å². The molecule has 198 valence electrons. The molecule has 3 rings (SSSR count). The molecule has 3 N–H and O–H groups in total. The average molecular weight is 546 g/mol. The molecule has 0 aliphatic carbocycles. The van der Waals surface area contributed by atoms with Crippen LogP contribution in [0.25, 0.3) is 0 Å². The fourth-order valence-corrected chi connectivity index (χ4v) is 6.27. The van der Waals surface area contributed by atoms with Gasteiger partial charge in [0.1, 0.15) is 5.75 Å². The number of carbonyl (C=O) groups excluding carboxylic acids is 1. The smallest absolute Gasteiger partial charge is 0.262 e. The van der Waals surface area contributed by atoms with Crippen LogP contribution in [0.1, 0.15) is 40.9 Å². The van der Waals surface area contributed by atoms with Crippen molar-refractivity contribution in [2.45, 2.75) is 50.5 Å². The van der Waals surface area contributed by atoms with E-state index in [0.717, 1.165) is 11.1 Å². The second kappa shape index (κ2) is 10.9. The fourth-order valence-electron chi connectivity index (χ4n) is 3.60. The number of hydrogen-bond donors (Lipinski definition) is 3. The number of aryl methyl sites for hydroxylation is 3. The highest BCUT2D eigenvalue weighted by Crippen LogP contribution is 2.29. The lowest BCUT2D eigenvalue weighted by molar-refractivity contribution is 0.102. The van der Waals surface area contributed by atoms with Gasteiger partial charge in [0.15, 0.2) is 0 Å². The zero-order valence-corrected chi connectivity index (χ0v) is 23.2. The predicted octanol–water partition coefficient (Wildman–Crippen LogP) is 4.36. The highest BCUT2D eigenvalue weighted by atomic mass is 32.2. The second-order valence-corrected chi connectivity index (χ2v) is 12.4. The summed E-state index contributed by atoms with van der Waals surface area (Å²) < 4.78 is 62.0. The first-order chi connectivity index (χ1) is 17.2. The van der Waals surface area contributed by atoms with E-state index in [1.165, 1.54) is 43.5 Å². The van der Waals surface area contributed by atoms with Gasteiger partial charge < -0.3 is 10.1 Å². The van der Waals surface area contributed by atoms with Crippen LogP contribution in [0.15, 0.2) is 64.4 Å². The number of hydrogen-bond acceptors (Lipinski definition) is 6. The number of anilines is 2. The van der Waals surface area contributed by atoms with E-state index >= 15 is 0 Å². The molecule has 11 heteroatoms. The molecule has 9 nitrogen and oxygen atoms in total. The monoisotopic (exact) mass is 545 g/mol. The van der Waals surface area contributed by atoms with E-state index in [1.807, 2.05) is 19.1 Å². The standard InChI is InChI=1S/C26H31N3O6S2/c1-16(2)28-36(31,32)21-11-12-24(35-6)23(15-21)27-26(30)20-10-9-19(5)25(14-20)37(33,34)29-22-13-17(3)7-8-18(22)4/h7-16,28-29H,1-6H3,(H,27,30). The Morgan fingerprint density at radius 3 is 2.14 bits per heavy atom. The van der Waals surface area contributed by atoms with Gasteiger partial charge in [0.2, 0.25) is 10.0 Å². The van der Waals surface area contributed by atoms with Crippen molar-refractivity contribution in [1.29, 1.82) is 0 Å². The number of rotatable bonds is 9. The van der Waals surface area contributed by atoms with Gasteiger partial charge in [-0.3, -0.25) is 9.52 Å². The largest absolute Gasteiger partial charge is 0.495 e. The molecule has 3 aromatic carbocycles. The lowest BCUT2D eigenvalue weighted by Crippen LogP contribution is -2.30. The van der Waals surface area contributed by atoms with Crippen LogP contribution in [0.5, 0.6) is 5.75 Å². The Bertz CT molecular complexity index is 1550. The van der Waals surface area contributed by atoms with E-state index in [4.69, 9.17) is 4.74 Å². The van der Waals surface area contributed by atoms with Crippen molar-refractivity contribution in [1.82, 2.24) is 4.72 Å². The summed E-state index contributed by atoms with van der Waals surface area (Å²) in [5.74, 6) is -0.388. The topological polar surface area (TPSA) is 131 Å². The molecular formula is C26H31N3O6S2. The highest BCUT2D eigenvalue weighted by molar-refractivity contribution is 7.92. The van der Waals surface area contributed by atoms with Gasteiger partial charge in [-0.2, -0.15) is 0 Å². The number of methoxy groups -OCH3 is 1. The predicted molar refractivity (Wildman–Crippen MR) is 144 cm³/mol. The molecule has 0 fully saturated rings. The number of benzene rings is 3. The molecule has 0 bridgehead atoms.